The number of hydrogen-bond acceptors (Lipinski definition) is 3. The molecule has 0 saturated carbocycles. The van der Waals surface area contributed by atoms with E-state index in [1.54, 1.807) is 37.1 Å². The molecular formula is C21H22FNO3. The molecule has 0 unspecified atom stereocenters. The number of carbonyl (C=O) groups is 2. The van der Waals surface area contributed by atoms with E-state index in [1.165, 1.54) is 12.1 Å². The Hall–Kier alpha value is -2.69. The van der Waals surface area contributed by atoms with Crippen LogP contribution in [0.4, 0.5) is 4.39 Å². The summed E-state index contributed by atoms with van der Waals surface area (Å²) in [5.74, 6) is 0.0568. The largest absolute Gasteiger partial charge is 0.496 e. The Morgan fingerprint density at radius 2 is 1.81 bits per heavy atom. The van der Waals surface area contributed by atoms with Gasteiger partial charge in [-0.1, -0.05) is 12.1 Å². The van der Waals surface area contributed by atoms with Crippen LogP contribution in [0, 0.1) is 18.7 Å². The summed E-state index contributed by atoms with van der Waals surface area (Å²) in [6, 6.07) is 11.6. The number of Topliss-reactive ketones (excluding diaryl/α,β-unsaturated/α-hetero) is 1. The average Bonchev–Trinajstić information content (AvgIpc) is 2.69. The van der Waals surface area contributed by atoms with E-state index in [9.17, 15) is 14.0 Å². The van der Waals surface area contributed by atoms with Crippen LogP contribution in [0.15, 0.2) is 42.5 Å². The number of piperidine rings is 1. The Bertz CT molecular complexity index is 826. The fourth-order valence-electron chi connectivity index (χ4n) is 3.37. The third-order valence-corrected chi connectivity index (χ3v) is 4.93. The molecule has 4 nitrogen and oxygen atoms in total. The molecular weight excluding hydrogens is 333 g/mol. The Kier molecular flexibility index (Phi) is 5.35. The van der Waals surface area contributed by atoms with Crippen molar-refractivity contribution >= 4 is 11.7 Å². The van der Waals surface area contributed by atoms with Crippen molar-refractivity contribution in [2.24, 2.45) is 5.92 Å². The van der Waals surface area contributed by atoms with Crippen LogP contribution in [0.25, 0.3) is 0 Å². The number of likely N-dealkylation sites (tertiary alicyclic amines) is 1. The first-order chi connectivity index (χ1) is 12.5. The fourth-order valence-corrected chi connectivity index (χ4v) is 3.37. The number of para-hydroxylation sites is 1. The predicted octanol–water partition coefficient (Wildman–Crippen LogP) is 3.88. The summed E-state index contributed by atoms with van der Waals surface area (Å²) >= 11 is 0. The number of carbonyl (C=O) groups excluding carboxylic acids is 2. The standard InChI is InChI=1S/C21H22FNO3/c1-14-13-16(7-8-18(14)22)20(24)15-9-11-23(12-10-15)21(25)17-5-3-4-6-19(17)26-2/h3-8,13,15H,9-12H2,1-2H3. The van der Waals surface area contributed by atoms with E-state index < -0.39 is 0 Å². The molecule has 1 amide bonds. The molecule has 5 heteroatoms. The van der Waals surface area contributed by atoms with Crippen LogP contribution < -0.4 is 4.74 Å². The highest BCUT2D eigenvalue weighted by Crippen LogP contribution is 2.26. The van der Waals surface area contributed by atoms with E-state index in [0.29, 0.717) is 48.4 Å². The molecule has 1 fully saturated rings. The maximum Gasteiger partial charge on any atom is 0.257 e. The molecule has 1 aliphatic rings. The van der Waals surface area contributed by atoms with Crippen molar-refractivity contribution in [3.8, 4) is 5.75 Å². The second-order valence-corrected chi connectivity index (χ2v) is 6.59. The molecule has 3 rings (SSSR count). The number of ether oxygens (including phenoxy) is 1. The Labute approximate surface area is 152 Å². The molecule has 1 heterocycles. The lowest BCUT2D eigenvalue weighted by molar-refractivity contribution is 0.0647. The Morgan fingerprint density at radius 1 is 1.12 bits per heavy atom. The van der Waals surface area contributed by atoms with Gasteiger partial charge in [-0.05, 0) is 55.7 Å². The molecule has 1 aliphatic heterocycles. The van der Waals surface area contributed by atoms with Gasteiger partial charge in [0, 0.05) is 24.6 Å². The quantitative estimate of drug-likeness (QED) is 0.782. The normalized spacial score (nSPS) is 15.0. The summed E-state index contributed by atoms with van der Waals surface area (Å²) in [4.78, 5) is 27.2. The highest BCUT2D eigenvalue weighted by Gasteiger charge is 2.29. The van der Waals surface area contributed by atoms with Gasteiger partial charge >= 0.3 is 0 Å². The number of benzene rings is 2. The molecule has 26 heavy (non-hydrogen) atoms. The topological polar surface area (TPSA) is 46.6 Å². The summed E-state index contributed by atoms with van der Waals surface area (Å²) in [6.45, 7) is 2.70. The molecule has 0 aromatic heterocycles. The first-order valence-corrected chi connectivity index (χ1v) is 8.74. The van der Waals surface area contributed by atoms with Gasteiger partial charge in [0.25, 0.3) is 5.91 Å². The highest BCUT2D eigenvalue weighted by atomic mass is 19.1. The Morgan fingerprint density at radius 3 is 2.46 bits per heavy atom. The van der Waals surface area contributed by atoms with Crippen molar-refractivity contribution in [2.45, 2.75) is 19.8 Å². The van der Waals surface area contributed by atoms with Gasteiger partial charge in [-0.2, -0.15) is 0 Å². The van der Waals surface area contributed by atoms with Gasteiger partial charge in [-0.15, -0.1) is 0 Å². The lowest BCUT2D eigenvalue weighted by Crippen LogP contribution is -2.40. The third kappa shape index (κ3) is 3.62. The zero-order valence-corrected chi connectivity index (χ0v) is 15.0. The SMILES string of the molecule is COc1ccccc1C(=O)N1CCC(C(=O)c2ccc(F)c(C)c2)CC1. The van der Waals surface area contributed by atoms with Crippen molar-refractivity contribution in [2.75, 3.05) is 20.2 Å². The van der Waals surface area contributed by atoms with Crippen molar-refractivity contribution in [3.63, 3.8) is 0 Å². The average molecular weight is 355 g/mol. The van der Waals surface area contributed by atoms with Gasteiger partial charge < -0.3 is 9.64 Å². The predicted molar refractivity (Wildman–Crippen MR) is 97.1 cm³/mol. The van der Waals surface area contributed by atoms with Crippen LogP contribution in [-0.4, -0.2) is 36.8 Å². The van der Waals surface area contributed by atoms with Crippen molar-refractivity contribution in [1.82, 2.24) is 4.90 Å². The van der Waals surface area contributed by atoms with Crippen LogP contribution in [0.3, 0.4) is 0 Å². The monoisotopic (exact) mass is 355 g/mol. The van der Waals surface area contributed by atoms with Crippen LogP contribution in [0.2, 0.25) is 0 Å². The summed E-state index contributed by atoms with van der Waals surface area (Å²) in [7, 11) is 1.54. The molecule has 136 valence electrons. The molecule has 0 aliphatic carbocycles. The summed E-state index contributed by atoms with van der Waals surface area (Å²) in [5.41, 5.74) is 1.55. The molecule has 0 spiro atoms. The van der Waals surface area contributed by atoms with Crippen LogP contribution >= 0.6 is 0 Å². The van der Waals surface area contributed by atoms with Crippen LogP contribution in [-0.2, 0) is 0 Å². The van der Waals surface area contributed by atoms with Crippen LogP contribution in [0.1, 0.15) is 39.1 Å². The van der Waals surface area contributed by atoms with E-state index in [0.717, 1.165) is 0 Å². The molecule has 0 N–H and O–H groups in total. The van der Waals surface area contributed by atoms with Gasteiger partial charge in [-0.3, -0.25) is 9.59 Å². The molecule has 1 saturated heterocycles. The first kappa shape index (κ1) is 18.1. The van der Waals surface area contributed by atoms with Crippen molar-refractivity contribution in [3.05, 3.63) is 65.0 Å². The lowest BCUT2D eigenvalue weighted by atomic mass is 9.88. The van der Waals surface area contributed by atoms with E-state index in [4.69, 9.17) is 4.74 Å². The zero-order valence-electron chi connectivity index (χ0n) is 15.0. The molecule has 0 atom stereocenters. The van der Waals surface area contributed by atoms with E-state index in [2.05, 4.69) is 0 Å². The third-order valence-electron chi connectivity index (χ3n) is 4.93. The van der Waals surface area contributed by atoms with Crippen molar-refractivity contribution in [1.29, 1.82) is 0 Å². The molecule has 2 aromatic carbocycles. The zero-order chi connectivity index (χ0) is 18.7. The number of nitrogens with zero attached hydrogens (tertiary/aromatic N) is 1. The number of halogens is 1. The van der Waals surface area contributed by atoms with Gasteiger partial charge in [-0.25, -0.2) is 4.39 Å². The lowest BCUT2D eigenvalue weighted by Gasteiger charge is -2.31. The number of methoxy groups -OCH3 is 1. The Balaban J connectivity index is 1.66. The van der Waals surface area contributed by atoms with E-state index in [-0.39, 0.29) is 23.4 Å². The molecule has 0 bridgehead atoms. The van der Waals surface area contributed by atoms with Gasteiger partial charge in [0.2, 0.25) is 0 Å². The summed E-state index contributed by atoms with van der Waals surface area (Å²) in [5, 5.41) is 0. The van der Waals surface area contributed by atoms with Gasteiger partial charge in [0.15, 0.2) is 5.78 Å². The van der Waals surface area contributed by atoms with Crippen LogP contribution in [0.5, 0.6) is 5.75 Å². The maximum atomic E-state index is 13.4. The minimum Gasteiger partial charge on any atom is -0.496 e. The molecule has 0 radical (unpaired) electrons. The number of ketones is 1. The number of rotatable bonds is 4. The summed E-state index contributed by atoms with van der Waals surface area (Å²) < 4.78 is 18.7. The summed E-state index contributed by atoms with van der Waals surface area (Å²) in [6.07, 6.45) is 1.21. The number of aryl methyl sites for hydroxylation is 1. The first-order valence-electron chi connectivity index (χ1n) is 8.74. The van der Waals surface area contributed by atoms with E-state index in [1.807, 2.05) is 12.1 Å². The van der Waals surface area contributed by atoms with Gasteiger partial charge in [0.1, 0.15) is 11.6 Å². The minimum atomic E-state index is -0.307. The number of hydrogen-bond donors (Lipinski definition) is 0. The number of amides is 1. The highest BCUT2D eigenvalue weighted by molar-refractivity contribution is 5.99. The van der Waals surface area contributed by atoms with Gasteiger partial charge in [0.05, 0.1) is 12.7 Å². The van der Waals surface area contributed by atoms with E-state index >= 15 is 0 Å². The second-order valence-electron chi connectivity index (χ2n) is 6.59. The fraction of sp³-hybridized carbons (Fsp3) is 0.333. The minimum absolute atomic E-state index is 0.0255. The second kappa shape index (κ2) is 7.68. The smallest absolute Gasteiger partial charge is 0.257 e. The maximum absolute atomic E-state index is 13.4. The van der Waals surface area contributed by atoms with Crippen molar-refractivity contribution < 1.29 is 18.7 Å². The molecule has 2 aromatic rings.